The highest BCUT2D eigenvalue weighted by Crippen LogP contribution is 3.15. The fourth-order valence-electron chi connectivity index (χ4n) is 0.875. The third-order valence-corrected chi connectivity index (χ3v) is 7.55. The van der Waals surface area contributed by atoms with Crippen LogP contribution in [0, 0.1) is 0 Å². The summed E-state index contributed by atoms with van der Waals surface area (Å²) >= 11 is 17.3. The van der Waals surface area contributed by atoms with Crippen LogP contribution in [0.15, 0.2) is 35.3 Å². The first-order chi connectivity index (χ1) is 6.99. The van der Waals surface area contributed by atoms with Crippen LogP contribution in [0.25, 0.3) is 0 Å². The molecule has 0 radical (unpaired) electrons. The largest absolute Gasteiger partial charge is 0.378 e. The Morgan fingerprint density at radius 2 is 1.56 bits per heavy atom. The minimum atomic E-state index is -3.22. The maximum atomic E-state index is 5.94. The summed E-state index contributed by atoms with van der Waals surface area (Å²) in [4.78, 5) is 4.32. The van der Waals surface area contributed by atoms with E-state index in [0.717, 1.165) is 5.56 Å². The van der Waals surface area contributed by atoms with E-state index in [9.17, 15) is 0 Å². The Labute approximate surface area is 131 Å². The van der Waals surface area contributed by atoms with Crippen molar-refractivity contribution in [2.45, 2.75) is 6.54 Å². The van der Waals surface area contributed by atoms with E-state index >= 15 is 0 Å². The summed E-state index contributed by atoms with van der Waals surface area (Å²) in [5.74, 6) is 0. The van der Waals surface area contributed by atoms with E-state index in [1.807, 2.05) is 30.3 Å². The Morgan fingerprint density at radius 1 is 1.06 bits per heavy atom. The molecule has 0 aliphatic heterocycles. The molecule has 2 N–H and O–H groups in total. The fraction of sp³-hybridized carbons (Fsp3) is 0.125. The summed E-state index contributed by atoms with van der Waals surface area (Å²) in [6.45, 7) is 0.521. The van der Waals surface area contributed by atoms with Gasteiger partial charge in [0.25, 0.3) is 0 Å². The molecule has 0 amide bonds. The highest BCUT2D eigenvalue weighted by Gasteiger charge is 2.53. The summed E-state index contributed by atoms with van der Waals surface area (Å²) in [6, 6.07) is 9.89. The number of benzene rings is 1. The molecule has 1 aromatic rings. The first-order valence-electron chi connectivity index (χ1n) is 4.07. The van der Waals surface area contributed by atoms with Crippen LogP contribution in [0.4, 0.5) is 0 Å². The van der Waals surface area contributed by atoms with Gasteiger partial charge in [-0.15, -0.1) is 0 Å². The first kappa shape index (κ1) is 15.5. The van der Waals surface area contributed by atoms with Crippen molar-refractivity contribution in [2.24, 2.45) is 10.7 Å². The Bertz CT molecular complexity index is 410. The number of nitrogens with two attached hydrogens (primary N) is 1. The topological polar surface area (TPSA) is 38.4 Å². The molecule has 0 bridgehead atoms. The quantitative estimate of drug-likeness (QED) is 0.351. The van der Waals surface area contributed by atoms with Crippen LogP contribution in [-0.2, 0) is 6.54 Å². The van der Waals surface area contributed by atoms with Crippen LogP contribution >= 0.6 is 74.5 Å². The van der Waals surface area contributed by atoms with E-state index in [1.165, 1.54) is 0 Å². The zero-order valence-electron chi connectivity index (χ0n) is 7.92. The molecule has 1 aromatic carbocycles. The van der Waals surface area contributed by atoms with Gasteiger partial charge in [0.15, 0.2) is 5.17 Å². The number of nitrogens with zero attached hydrogens (tertiary/aromatic N) is 1. The van der Waals surface area contributed by atoms with Crippen molar-refractivity contribution in [3.05, 3.63) is 35.9 Å². The number of halogens is 5. The molecule has 16 heavy (non-hydrogen) atoms. The molecule has 0 saturated heterocycles. The molecule has 0 fully saturated rings. The lowest BCUT2D eigenvalue weighted by Crippen LogP contribution is -2.21. The van der Waals surface area contributed by atoms with Crippen LogP contribution in [0.3, 0.4) is 0 Å². The zero-order chi connectivity index (χ0) is 12.5. The summed E-state index contributed by atoms with van der Waals surface area (Å²) < 4.78 is -3.22. The molecule has 0 aliphatic rings. The third kappa shape index (κ3) is 5.39. The molecular formula is C8H9Br5N2S. The van der Waals surface area contributed by atoms with Crippen molar-refractivity contribution in [3.8, 4) is 0 Å². The minimum Gasteiger partial charge on any atom is -0.378 e. The lowest BCUT2D eigenvalue weighted by atomic mass is 10.2. The van der Waals surface area contributed by atoms with Gasteiger partial charge in [0.2, 0.25) is 0 Å². The van der Waals surface area contributed by atoms with E-state index in [-0.39, 0.29) is 0 Å². The first-order valence-corrected chi connectivity index (χ1v) is 15.7. The maximum Gasteiger partial charge on any atom is 0.166 e. The van der Waals surface area contributed by atoms with Crippen molar-refractivity contribution < 1.29 is 0 Å². The van der Waals surface area contributed by atoms with E-state index in [0.29, 0.717) is 11.7 Å². The fourth-order valence-corrected chi connectivity index (χ4v) is 2.72. The Morgan fingerprint density at radius 3 is 2.00 bits per heavy atom. The van der Waals surface area contributed by atoms with Gasteiger partial charge in [-0.3, -0.25) is 4.99 Å². The molecule has 8 heteroatoms. The molecule has 0 aromatic heterocycles. The highest BCUT2D eigenvalue weighted by molar-refractivity contribution is 10.7. The van der Waals surface area contributed by atoms with Crippen molar-refractivity contribution in [1.82, 2.24) is 0 Å². The minimum absolute atomic E-state index is 0.379. The van der Waals surface area contributed by atoms with Crippen molar-refractivity contribution in [2.75, 3.05) is 0 Å². The van der Waals surface area contributed by atoms with E-state index in [1.54, 1.807) is 0 Å². The van der Waals surface area contributed by atoms with E-state index < -0.39 is 0.461 Å². The molecule has 0 atom stereocenters. The number of rotatable bonds is 2. The lowest BCUT2D eigenvalue weighted by molar-refractivity contribution is 1.07. The van der Waals surface area contributed by atoms with E-state index in [4.69, 9.17) is 5.73 Å². The SMILES string of the molecule is NC(=NCc1ccccc1)S(Br)(Br)(Br)(Br)Br. The van der Waals surface area contributed by atoms with E-state index in [2.05, 4.69) is 79.1 Å². The predicted molar refractivity (Wildman–Crippen MR) is 94.0 cm³/mol. The Hall–Kier alpha value is 1.44. The maximum absolute atomic E-state index is 5.94. The third-order valence-electron chi connectivity index (χ3n) is 1.66. The van der Waals surface area contributed by atoms with Crippen LogP contribution in [0.5, 0.6) is 0 Å². The van der Waals surface area contributed by atoms with Gasteiger partial charge in [0, 0.05) is 0 Å². The van der Waals surface area contributed by atoms with Crippen LogP contribution in [0.2, 0.25) is 0 Å². The number of hydrogen-bond donors (Lipinski definition) is 1. The second kappa shape index (κ2) is 4.52. The predicted octanol–water partition coefficient (Wildman–Crippen LogP) is 5.93. The van der Waals surface area contributed by atoms with Gasteiger partial charge < -0.3 is 5.73 Å². The lowest BCUT2D eigenvalue weighted by Gasteiger charge is -2.51. The Kier molecular flexibility index (Phi) is 4.38. The molecular weight excluding hydrogens is 556 g/mol. The summed E-state index contributed by atoms with van der Waals surface area (Å²) in [6.07, 6.45) is 0. The van der Waals surface area contributed by atoms with Crippen molar-refractivity contribution in [1.29, 1.82) is 0 Å². The normalized spacial score (nSPS) is 17.7. The van der Waals surface area contributed by atoms with Gasteiger partial charge in [-0.05, 0) is 80.1 Å². The number of hydrogen-bond acceptors (Lipinski definition) is 1. The second-order valence-electron chi connectivity index (χ2n) is 3.11. The highest BCUT2D eigenvalue weighted by atomic mass is 80.0. The Balaban J connectivity index is 2.90. The van der Waals surface area contributed by atoms with Gasteiger partial charge in [0.05, 0.1) is 6.54 Å². The average Bonchev–Trinajstić information content (AvgIpc) is 2.12. The van der Waals surface area contributed by atoms with Gasteiger partial charge in [-0.1, -0.05) is 30.3 Å². The summed E-state index contributed by atoms with van der Waals surface area (Å²) in [5.41, 5.74) is 7.03. The smallest absolute Gasteiger partial charge is 0.166 e. The zero-order valence-corrected chi connectivity index (χ0v) is 16.7. The van der Waals surface area contributed by atoms with Crippen LogP contribution in [-0.4, -0.2) is 5.17 Å². The summed E-state index contributed by atoms with van der Waals surface area (Å²) in [5, 5.41) is 0.379. The van der Waals surface area contributed by atoms with Crippen LogP contribution in [0.1, 0.15) is 5.56 Å². The molecule has 0 spiro atoms. The molecule has 0 unspecified atom stereocenters. The molecule has 0 aliphatic carbocycles. The summed E-state index contributed by atoms with van der Waals surface area (Å²) in [7, 11) is 0. The molecule has 2 nitrogen and oxygen atoms in total. The van der Waals surface area contributed by atoms with Gasteiger partial charge in [-0.25, -0.2) is 0 Å². The number of amidine groups is 1. The van der Waals surface area contributed by atoms with Gasteiger partial charge in [-0.2, -0.15) is 0 Å². The molecule has 92 valence electrons. The van der Waals surface area contributed by atoms with Crippen molar-refractivity contribution in [3.63, 3.8) is 0 Å². The van der Waals surface area contributed by atoms with Crippen molar-refractivity contribution >= 4 is 79.7 Å². The number of aliphatic imine (C=N–C) groups is 1. The van der Waals surface area contributed by atoms with Gasteiger partial charge in [0.1, 0.15) is 0 Å². The standard InChI is InChI=1S/C8H9Br5N2S/c9-16(10,11,12,13)8(14)15-6-7-4-2-1-3-5-7/h1-5H,6H2,(H2,14,15). The van der Waals surface area contributed by atoms with Crippen LogP contribution < -0.4 is 5.73 Å². The molecule has 1 rings (SSSR count). The average molecular weight is 565 g/mol. The second-order valence-corrected chi connectivity index (χ2v) is 55.8. The monoisotopic (exact) mass is 560 g/mol. The molecule has 0 saturated carbocycles. The van der Waals surface area contributed by atoms with Gasteiger partial charge >= 0.3 is 0 Å². The molecule has 0 heterocycles.